The molecule has 1 aromatic heterocycles. The van der Waals surface area contributed by atoms with Crippen molar-refractivity contribution < 1.29 is 4.74 Å². The van der Waals surface area contributed by atoms with Crippen LogP contribution in [0.4, 0.5) is 0 Å². The maximum absolute atomic E-state index is 6.28. The predicted molar refractivity (Wildman–Crippen MR) is 85.8 cm³/mol. The Kier molecular flexibility index (Phi) is 5.65. The van der Waals surface area contributed by atoms with Crippen LogP contribution in [0.5, 0.6) is 5.75 Å². The average Bonchev–Trinajstić information content (AvgIpc) is 2.84. The number of ether oxygens (including phenoxy) is 1. The van der Waals surface area contributed by atoms with Crippen molar-refractivity contribution in [1.29, 1.82) is 0 Å². The summed E-state index contributed by atoms with van der Waals surface area (Å²) in [5.74, 6) is 0.707. The number of aryl methyl sites for hydroxylation is 2. The molecule has 2 rings (SSSR count). The lowest BCUT2D eigenvalue weighted by Gasteiger charge is -2.10. The molecular weight excluding hydrogens is 286 g/mol. The molecule has 0 bridgehead atoms. The molecule has 0 amide bonds. The van der Waals surface area contributed by atoms with Crippen LogP contribution in [0.3, 0.4) is 0 Å². The van der Waals surface area contributed by atoms with Crippen LogP contribution in [-0.4, -0.2) is 16.3 Å². The molecule has 5 heteroatoms. The van der Waals surface area contributed by atoms with Gasteiger partial charge in [-0.05, 0) is 44.2 Å². The van der Waals surface area contributed by atoms with E-state index < -0.39 is 0 Å². The van der Waals surface area contributed by atoms with E-state index in [0.29, 0.717) is 17.4 Å². The second-order valence-corrected chi connectivity index (χ2v) is 5.33. The molecule has 0 saturated carbocycles. The summed E-state index contributed by atoms with van der Waals surface area (Å²) in [6.45, 7) is 9.20. The molecule has 21 heavy (non-hydrogen) atoms. The molecule has 2 aromatic rings. The van der Waals surface area contributed by atoms with E-state index >= 15 is 0 Å². The van der Waals surface area contributed by atoms with E-state index in [4.69, 9.17) is 16.3 Å². The van der Waals surface area contributed by atoms with Gasteiger partial charge in [0.15, 0.2) is 0 Å². The van der Waals surface area contributed by atoms with E-state index in [2.05, 4.69) is 24.3 Å². The van der Waals surface area contributed by atoms with Crippen LogP contribution in [0, 0.1) is 6.92 Å². The first-order valence-corrected chi connectivity index (χ1v) is 7.67. The Labute approximate surface area is 131 Å². The van der Waals surface area contributed by atoms with E-state index in [1.54, 1.807) is 0 Å². The minimum atomic E-state index is 0.473. The van der Waals surface area contributed by atoms with Crippen LogP contribution in [0.2, 0.25) is 5.02 Å². The van der Waals surface area contributed by atoms with Gasteiger partial charge in [-0.25, -0.2) is 0 Å². The third kappa shape index (κ3) is 4.22. The van der Waals surface area contributed by atoms with Gasteiger partial charge in [-0.3, -0.25) is 4.68 Å². The zero-order valence-electron chi connectivity index (χ0n) is 12.8. The van der Waals surface area contributed by atoms with Gasteiger partial charge >= 0.3 is 0 Å². The number of aromatic nitrogens is 2. The van der Waals surface area contributed by atoms with Gasteiger partial charge in [-0.2, -0.15) is 5.10 Å². The Hall–Kier alpha value is -1.52. The summed E-state index contributed by atoms with van der Waals surface area (Å²) in [4.78, 5) is 0. The van der Waals surface area contributed by atoms with E-state index in [0.717, 1.165) is 36.6 Å². The summed E-state index contributed by atoms with van der Waals surface area (Å²) in [6.07, 6.45) is 0. The highest BCUT2D eigenvalue weighted by atomic mass is 35.5. The van der Waals surface area contributed by atoms with Crippen LogP contribution < -0.4 is 10.1 Å². The standard InChI is InChI=1S/C16H22ClN3O/c1-4-18-10-13-6-7-16(15(17)9-13)21-11-14-8-12(3)19-20(14)5-2/h6-9,18H,4-5,10-11H2,1-3H3. The largest absolute Gasteiger partial charge is 0.486 e. The summed E-state index contributed by atoms with van der Waals surface area (Å²) in [6, 6.07) is 7.94. The van der Waals surface area contributed by atoms with Crippen molar-refractivity contribution in [3.8, 4) is 5.75 Å². The quantitative estimate of drug-likeness (QED) is 0.850. The van der Waals surface area contributed by atoms with Gasteiger partial charge in [0.2, 0.25) is 0 Å². The van der Waals surface area contributed by atoms with E-state index in [-0.39, 0.29) is 0 Å². The molecule has 4 nitrogen and oxygen atoms in total. The van der Waals surface area contributed by atoms with Gasteiger partial charge in [0, 0.05) is 13.1 Å². The molecule has 1 heterocycles. The number of rotatable bonds is 7. The summed E-state index contributed by atoms with van der Waals surface area (Å²) in [7, 11) is 0. The fourth-order valence-corrected chi connectivity index (χ4v) is 2.44. The fraction of sp³-hybridized carbons (Fsp3) is 0.438. The van der Waals surface area contributed by atoms with Gasteiger partial charge in [0.25, 0.3) is 0 Å². The van der Waals surface area contributed by atoms with Crippen molar-refractivity contribution in [3.05, 3.63) is 46.2 Å². The highest BCUT2D eigenvalue weighted by molar-refractivity contribution is 6.32. The van der Waals surface area contributed by atoms with Crippen molar-refractivity contribution in [2.75, 3.05) is 6.54 Å². The highest BCUT2D eigenvalue weighted by Gasteiger charge is 2.07. The van der Waals surface area contributed by atoms with Crippen LogP contribution in [-0.2, 0) is 19.7 Å². The van der Waals surface area contributed by atoms with E-state index in [9.17, 15) is 0 Å². The number of hydrogen-bond donors (Lipinski definition) is 1. The van der Waals surface area contributed by atoms with Crippen molar-refractivity contribution in [1.82, 2.24) is 15.1 Å². The zero-order valence-corrected chi connectivity index (χ0v) is 13.6. The first-order valence-electron chi connectivity index (χ1n) is 7.29. The number of nitrogens with one attached hydrogen (secondary N) is 1. The minimum absolute atomic E-state index is 0.473. The maximum Gasteiger partial charge on any atom is 0.138 e. The molecule has 0 aliphatic rings. The lowest BCUT2D eigenvalue weighted by atomic mass is 10.2. The number of benzene rings is 1. The molecule has 1 N–H and O–H groups in total. The van der Waals surface area contributed by atoms with Crippen LogP contribution in [0.25, 0.3) is 0 Å². The van der Waals surface area contributed by atoms with E-state index in [1.165, 1.54) is 0 Å². The molecule has 0 spiro atoms. The lowest BCUT2D eigenvalue weighted by molar-refractivity contribution is 0.292. The molecule has 1 aromatic carbocycles. The van der Waals surface area contributed by atoms with E-state index in [1.807, 2.05) is 35.9 Å². The summed E-state index contributed by atoms with van der Waals surface area (Å²) < 4.78 is 7.77. The van der Waals surface area contributed by atoms with Crippen molar-refractivity contribution in [2.24, 2.45) is 0 Å². The smallest absolute Gasteiger partial charge is 0.138 e. The molecule has 0 aliphatic heterocycles. The van der Waals surface area contributed by atoms with Gasteiger partial charge in [0.05, 0.1) is 16.4 Å². The van der Waals surface area contributed by atoms with Gasteiger partial charge < -0.3 is 10.1 Å². The Morgan fingerprint density at radius 3 is 2.76 bits per heavy atom. The predicted octanol–water partition coefficient (Wildman–Crippen LogP) is 3.55. The second kappa shape index (κ2) is 7.48. The highest BCUT2D eigenvalue weighted by Crippen LogP contribution is 2.26. The summed E-state index contributed by atoms with van der Waals surface area (Å²) >= 11 is 6.28. The maximum atomic E-state index is 6.28. The van der Waals surface area contributed by atoms with Crippen molar-refractivity contribution in [3.63, 3.8) is 0 Å². The SMILES string of the molecule is CCNCc1ccc(OCc2cc(C)nn2CC)c(Cl)c1. The Balaban J connectivity index is 2.02. The minimum Gasteiger partial charge on any atom is -0.486 e. The number of hydrogen-bond acceptors (Lipinski definition) is 3. The molecule has 0 atom stereocenters. The van der Waals surface area contributed by atoms with Crippen molar-refractivity contribution >= 4 is 11.6 Å². The first-order chi connectivity index (χ1) is 10.1. The molecule has 0 saturated heterocycles. The topological polar surface area (TPSA) is 39.1 Å². The monoisotopic (exact) mass is 307 g/mol. The average molecular weight is 308 g/mol. The van der Waals surface area contributed by atoms with Gasteiger partial charge in [-0.15, -0.1) is 0 Å². The lowest BCUT2D eigenvalue weighted by Crippen LogP contribution is -2.11. The molecule has 0 fully saturated rings. The van der Waals surface area contributed by atoms with Gasteiger partial charge in [0.1, 0.15) is 12.4 Å². The Bertz CT molecular complexity index is 595. The van der Waals surface area contributed by atoms with Crippen molar-refractivity contribution in [2.45, 2.75) is 40.5 Å². The summed E-state index contributed by atoms with van der Waals surface area (Å²) in [5, 5.41) is 8.33. The molecule has 0 unspecified atom stereocenters. The number of halogens is 1. The van der Waals surface area contributed by atoms with Crippen LogP contribution >= 0.6 is 11.6 Å². The fourth-order valence-electron chi connectivity index (χ4n) is 2.18. The molecule has 0 radical (unpaired) electrons. The molecular formula is C16H22ClN3O. The molecule has 0 aliphatic carbocycles. The normalized spacial score (nSPS) is 10.9. The zero-order chi connectivity index (χ0) is 15.2. The second-order valence-electron chi connectivity index (χ2n) is 4.93. The first kappa shape index (κ1) is 15.9. The Morgan fingerprint density at radius 1 is 1.29 bits per heavy atom. The van der Waals surface area contributed by atoms with Gasteiger partial charge in [-0.1, -0.05) is 24.6 Å². The number of nitrogens with zero attached hydrogens (tertiary/aromatic N) is 2. The molecule has 114 valence electrons. The summed E-state index contributed by atoms with van der Waals surface area (Å²) in [5.41, 5.74) is 3.22. The third-order valence-electron chi connectivity index (χ3n) is 3.24. The van der Waals surface area contributed by atoms with Crippen LogP contribution in [0.1, 0.15) is 30.8 Å². The van der Waals surface area contributed by atoms with Crippen LogP contribution in [0.15, 0.2) is 24.3 Å². The Morgan fingerprint density at radius 2 is 2.10 bits per heavy atom. The third-order valence-corrected chi connectivity index (χ3v) is 3.53.